The summed E-state index contributed by atoms with van der Waals surface area (Å²) in [5.41, 5.74) is 13.5. The number of hydrogen-bond donors (Lipinski definition) is 0. The molecule has 0 amide bonds. The van der Waals surface area contributed by atoms with Crippen molar-refractivity contribution in [3.63, 3.8) is 0 Å². The lowest BCUT2D eigenvalue weighted by molar-refractivity contribution is 0.469. The lowest BCUT2D eigenvalue weighted by atomic mass is 10.0. The first-order chi connectivity index (χ1) is 25.5. The van der Waals surface area contributed by atoms with E-state index < -0.39 is 0 Å². The minimum atomic E-state index is 0.500. The summed E-state index contributed by atoms with van der Waals surface area (Å²) in [5, 5.41) is 0. The Bertz CT molecular complexity index is 1910. The summed E-state index contributed by atoms with van der Waals surface area (Å²) >= 11 is 0. The third-order valence-electron chi connectivity index (χ3n) is 7.45. The zero-order valence-electron chi connectivity index (χ0n) is 34.0. The molecule has 0 N–H and O–H groups in total. The number of hydrogen-bond acceptors (Lipinski definition) is 0. The molecule has 0 fully saturated rings. The molecule has 274 valence electrons. The Morgan fingerprint density at radius 1 is 0.283 bits per heavy atom. The first-order valence-electron chi connectivity index (χ1n) is 18.9. The molecule has 0 heterocycles. The van der Waals surface area contributed by atoms with Gasteiger partial charge < -0.3 is 0 Å². The van der Waals surface area contributed by atoms with Crippen LogP contribution in [-0.2, 0) is 0 Å². The topological polar surface area (TPSA) is 0 Å². The molecule has 7 aromatic carbocycles. The van der Waals surface area contributed by atoms with Crippen molar-refractivity contribution < 1.29 is 0 Å². The van der Waals surface area contributed by atoms with E-state index in [2.05, 4.69) is 213 Å². The largest absolute Gasteiger partial charge is 0.0683 e. The third-order valence-corrected chi connectivity index (χ3v) is 7.45. The molecule has 7 aromatic rings. The lowest BCUT2D eigenvalue weighted by Crippen LogP contribution is -1.93. The minimum Gasteiger partial charge on any atom is -0.0683 e. The van der Waals surface area contributed by atoms with Crippen molar-refractivity contribution in [1.82, 2.24) is 0 Å². The maximum absolute atomic E-state index is 2.20. The van der Waals surface area contributed by atoms with Gasteiger partial charge in [-0.25, -0.2) is 0 Å². The average molecular weight is 699 g/mol. The molecular formula is C53H62. The van der Waals surface area contributed by atoms with Crippen LogP contribution in [0.4, 0.5) is 0 Å². The highest BCUT2D eigenvalue weighted by Gasteiger charge is 1.98. The Morgan fingerprint density at radius 2 is 0.604 bits per heavy atom. The van der Waals surface area contributed by atoms with Crippen LogP contribution in [0.5, 0.6) is 0 Å². The molecule has 0 unspecified atom stereocenters. The van der Waals surface area contributed by atoms with Gasteiger partial charge in [0.15, 0.2) is 0 Å². The van der Waals surface area contributed by atoms with E-state index in [1.165, 1.54) is 55.6 Å². The van der Waals surface area contributed by atoms with Crippen LogP contribution in [0, 0.1) is 33.1 Å². The molecule has 0 heteroatoms. The summed E-state index contributed by atoms with van der Waals surface area (Å²) in [7, 11) is 0. The molecule has 0 saturated heterocycles. The maximum Gasteiger partial charge on any atom is -0.0155 e. The van der Waals surface area contributed by atoms with Gasteiger partial charge in [0.1, 0.15) is 0 Å². The number of aryl methyl sites for hydroxylation is 4. The molecule has 0 aliphatic carbocycles. The van der Waals surface area contributed by atoms with Crippen molar-refractivity contribution in [1.29, 1.82) is 0 Å². The monoisotopic (exact) mass is 698 g/mol. The van der Waals surface area contributed by atoms with Crippen LogP contribution >= 0.6 is 0 Å². The third kappa shape index (κ3) is 19.1. The normalized spacial score (nSPS) is 9.70. The molecule has 0 radical (unpaired) electrons. The highest BCUT2D eigenvalue weighted by Crippen LogP contribution is 2.22. The van der Waals surface area contributed by atoms with Crippen molar-refractivity contribution in [2.75, 3.05) is 0 Å². The Labute approximate surface area is 323 Å². The Kier molecular flexibility index (Phi) is 20.3. The SMILES string of the molecule is CC.CC(C)(C)C.Cc1ccc(-c2ccccc2)cc1.Cc1cccc(-c2ccccc2)c1.Cc1ccccc1.Cc1ccccc1-c1ccccc1. The second-order valence-electron chi connectivity index (χ2n) is 14.3. The lowest BCUT2D eigenvalue weighted by Gasteiger charge is -2.05. The molecule has 0 saturated carbocycles. The van der Waals surface area contributed by atoms with Gasteiger partial charge in [0.2, 0.25) is 0 Å². The zero-order valence-corrected chi connectivity index (χ0v) is 34.0. The van der Waals surface area contributed by atoms with Gasteiger partial charge in [-0.15, -0.1) is 0 Å². The summed E-state index contributed by atoms with van der Waals surface area (Å²) in [4.78, 5) is 0. The molecule has 0 aromatic heterocycles. The highest BCUT2D eigenvalue weighted by atomic mass is 14.0. The van der Waals surface area contributed by atoms with Crippen LogP contribution in [0.3, 0.4) is 0 Å². The van der Waals surface area contributed by atoms with Crippen molar-refractivity contribution in [3.8, 4) is 33.4 Å². The van der Waals surface area contributed by atoms with E-state index in [1.807, 2.05) is 50.2 Å². The van der Waals surface area contributed by atoms with Crippen LogP contribution < -0.4 is 0 Å². The number of benzene rings is 7. The fourth-order valence-corrected chi connectivity index (χ4v) is 4.88. The molecule has 53 heavy (non-hydrogen) atoms. The predicted octanol–water partition coefficient (Wildman–Crippen LogP) is 16.1. The van der Waals surface area contributed by atoms with Gasteiger partial charge in [-0.05, 0) is 72.1 Å². The van der Waals surface area contributed by atoms with Gasteiger partial charge >= 0.3 is 0 Å². The quantitative estimate of drug-likeness (QED) is 0.172. The van der Waals surface area contributed by atoms with E-state index in [-0.39, 0.29) is 0 Å². The van der Waals surface area contributed by atoms with Gasteiger partial charge in [0, 0.05) is 0 Å². The molecule has 0 spiro atoms. The van der Waals surface area contributed by atoms with Crippen molar-refractivity contribution in [3.05, 3.63) is 216 Å². The molecular weight excluding hydrogens is 637 g/mol. The van der Waals surface area contributed by atoms with Crippen LogP contribution in [0.2, 0.25) is 0 Å². The van der Waals surface area contributed by atoms with E-state index in [0.29, 0.717) is 5.41 Å². The van der Waals surface area contributed by atoms with E-state index in [9.17, 15) is 0 Å². The highest BCUT2D eigenvalue weighted by molar-refractivity contribution is 5.67. The van der Waals surface area contributed by atoms with Crippen molar-refractivity contribution in [2.24, 2.45) is 5.41 Å². The second-order valence-corrected chi connectivity index (χ2v) is 14.3. The second kappa shape index (κ2) is 24.7. The summed E-state index contributed by atoms with van der Waals surface area (Å²) in [6.07, 6.45) is 0. The van der Waals surface area contributed by atoms with Crippen molar-refractivity contribution in [2.45, 2.75) is 69.2 Å². The number of rotatable bonds is 3. The van der Waals surface area contributed by atoms with Gasteiger partial charge in [-0.1, -0.05) is 252 Å². The van der Waals surface area contributed by atoms with E-state index in [4.69, 9.17) is 0 Å². The Morgan fingerprint density at radius 3 is 1.02 bits per heavy atom. The van der Waals surface area contributed by atoms with Crippen molar-refractivity contribution >= 4 is 0 Å². The summed E-state index contributed by atoms with van der Waals surface area (Å²) in [6.45, 7) is 21.2. The average Bonchev–Trinajstić information content (AvgIpc) is 3.18. The molecule has 0 bridgehead atoms. The first kappa shape index (κ1) is 43.7. The molecule has 0 aliphatic rings. The van der Waals surface area contributed by atoms with Crippen LogP contribution in [0.25, 0.3) is 33.4 Å². The predicted molar refractivity (Wildman–Crippen MR) is 238 cm³/mol. The fourth-order valence-electron chi connectivity index (χ4n) is 4.88. The molecule has 0 nitrogen and oxygen atoms in total. The zero-order chi connectivity index (χ0) is 38.9. The first-order valence-corrected chi connectivity index (χ1v) is 18.9. The maximum atomic E-state index is 2.20. The fraction of sp³-hybridized carbons (Fsp3) is 0.208. The van der Waals surface area contributed by atoms with Crippen LogP contribution in [0.1, 0.15) is 63.8 Å². The van der Waals surface area contributed by atoms with Gasteiger partial charge in [0.25, 0.3) is 0 Å². The van der Waals surface area contributed by atoms with Crippen LogP contribution in [-0.4, -0.2) is 0 Å². The molecule has 7 rings (SSSR count). The van der Waals surface area contributed by atoms with Crippen LogP contribution in [0.15, 0.2) is 194 Å². The van der Waals surface area contributed by atoms with Gasteiger partial charge in [0.05, 0.1) is 0 Å². The van der Waals surface area contributed by atoms with E-state index >= 15 is 0 Å². The van der Waals surface area contributed by atoms with Gasteiger partial charge in [-0.2, -0.15) is 0 Å². The summed E-state index contributed by atoms with van der Waals surface area (Å²) < 4.78 is 0. The minimum absolute atomic E-state index is 0.500. The molecule has 0 atom stereocenters. The molecule has 0 aliphatic heterocycles. The van der Waals surface area contributed by atoms with E-state index in [1.54, 1.807) is 0 Å². The standard InChI is InChI=1S/3C13H12.C7H8.C5H12.C2H6/c1-11-7-5-6-10-13(11)12-8-3-2-4-9-12;1-11-6-5-9-13(10-11)12-7-3-2-4-8-12;1-11-7-9-13(10-8-11)12-5-3-2-4-6-12;1-7-5-3-2-4-6-7;1-5(2,3)4;1-2/h3*2-10H,1H3;2-6H,1H3;1-4H3;1-2H3. The smallest absolute Gasteiger partial charge is 0.0155 e. The summed E-state index contributed by atoms with van der Waals surface area (Å²) in [6, 6.07) is 67.2. The Balaban J connectivity index is 0.000000235. The van der Waals surface area contributed by atoms with E-state index in [0.717, 1.165) is 0 Å². The summed E-state index contributed by atoms with van der Waals surface area (Å²) in [5.74, 6) is 0. The Hall–Kier alpha value is -5.46. The van der Waals surface area contributed by atoms with Gasteiger partial charge in [-0.3, -0.25) is 0 Å².